The molecule has 2 fully saturated rings. The van der Waals surface area contributed by atoms with Crippen LogP contribution in [0.5, 0.6) is 5.75 Å². The van der Waals surface area contributed by atoms with Crippen molar-refractivity contribution < 1.29 is 14.3 Å². The van der Waals surface area contributed by atoms with Gasteiger partial charge in [0.15, 0.2) is 0 Å². The van der Waals surface area contributed by atoms with Crippen LogP contribution in [0.15, 0.2) is 48.8 Å². The normalized spacial score (nSPS) is 24.4. The molecule has 1 N–H and O–H groups in total. The number of aromatic amines is 1. The first-order chi connectivity index (χ1) is 16.8. The molecule has 2 aromatic heterocycles. The van der Waals surface area contributed by atoms with Crippen LogP contribution in [0.3, 0.4) is 0 Å². The molecule has 6 rings (SSSR count). The average Bonchev–Trinajstić information content (AvgIpc) is 3.36. The number of nitrogens with one attached hydrogen (secondary N) is 1. The number of ether oxygens (including phenoxy) is 2. The van der Waals surface area contributed by atoms with Gasteiger partial charge in [-0.05, 0) is 74.9 Å². The molecule has 35 heavy (non-hydrogen) atoms. The Kier molecular flexibility index (Phi) is 5.38. The highest BCUT2D eigenvalue weighted by atomic mass is 35.5. The average molecular weight is 493 g/mol. The molecular formula is C27H29ClN4O3. The molecule has 0 aliphatic carbocycles. The topological polar surface area (TPSA) is 80.3 Å². The molecule has 3 aliphatic heterocycles. The molecule has 0 radical (unpaired) electrons. The Bertz CT molecular complexity index is 1250. The highest BCUT2D eigenvalue weighted by Gasteiger charge is 2.53. The van der Waals surface area contributed by atoms with E-state index in [0.717, 1.165) is 41.8 Å². The second kappa shape index (κ2) is 8.35. The van der Waals surface area contributed by atoms with Gasteiger partial charge in [0.05, 0.1) is 18.4 Å². The van der Waals surface area contributed by atoms with E-state index >= 15 is 0 Å². The molecule has 1 aromatic carbocycles. The smallest absolute Gasteiger partial charge is 0.271 e. The molecule has 3 aliphatic rings. The lowest BCUT2D eigenvalue weighted by Gasteiger charge is -2.54. The van der Waals surface area contributed by atoms with Gasteiger partial charge in [-0.1, -0.05) is 11.6 Å². The molecule has 7 nitrogen and oxygen atoms in total. The second-order valence-electron chi connectivity index (χ2n) is 10.6. The van der Waals surface area contributed by atoms with Crippen molar-refractivity contribution in [1.82, 2.24) is 20.1 Å². The fraction of sp³-hybridized carbons (Fsp3) is 0.444. The van der Waals surface area contributed by atoms with Gasteiger partial charge in [0, 0.05) is 47.6 Å². The number of halogens is 1. The number of rotatable bonds is 2. The number of hydrogen-bond acceptors (Lipinski definition) is 5. The van der Waals surface area contributed by atoms with Gasteiger partial charge < -0.3 is 14.4 Å². The van der Waals surface area contributed by atoms with Crippen molar-refractivity contribution in [1.29, 1.82) is 0 Å². The number of nitrogens with zero attached hydrogens (tertiary/aromatic N) is 3. The number of hydrogen-bond donors (Lipinski definition) is 1. The van der Waals surface area contributed by atoms with Gasteiger partial charge in [-0.3, -0.25) is 14.9 Å². The SMILES string of the molecule is CC1(C)Oc2ccc(Cl)cc2[C@H]2OCC3(CCN(C(=O)c4cc(-c5cccnc5)n[nH]4)CC3)C[C@@H]21. The maximum atomic E-state index is 13.2. The third-order valence-corrected chi connectivity index (χ3v) is 8.24. The van der Waals surface area contributed by atoms with Crippen molar-refractivity contribution in [2.75, 3.05) is 19.7 Å². The Labute approximate surface area is 209 Å². The van der Waals surface area contributed by atoms with Crippen molar-refractivity contribution in [3.63, 3.8) is 0 Å². The van der Waals surface area contributed by atoms with Gasteiger partial charge in [0.2, 0.25) is 0 Å². The zero-order valence-corrected chi connectivity index (χ0v) is 20.7. The van der Waals surface area contributed by atoms with Crippen LogP contribution in [-0.4, -0.2) is 51.3 Å². The van der Waals surface area contributed by atoms with E-state index in [0.29, 0.717) is 30.4 Å². The monoisotopic (exact) mass is 492 g/mol. The minimum atomic E-state index is -0.343. The van der Waals surface area contributed by atoms with E-state index in [2.05, 4.69) is 29.0 Å². The van der Waals surface area contributed by atoms with E-state index in [1.807, 2.05) is 41.3 Å². The van der Waals surface area contributed by atoms with Crippen molar-refractivity contribution >= 4 is 17.5 Å². The largest absolute Gasteiger partial charge is 0.487 e. The van der Waals surface area contributed by atoms with Gasteiger partial charge >= 0.3 is 0 Å². The van der Waals surface area contributed by atoms with Crippen LogP contribution in [0.2, 0.25) is 5.02 Å². The second-order valence-corrected chi connectivity index (χ2v) is 11.1. The lowest BCUT2D eigenvalue weighted by Crippen LogP contribution is -2.54. The third-order valence-electron chi connectivity index (χ3n) is 8.01. The number of pyridine rings is 1. The van der Waals surface area contributed by atoms with Crippen molar-refractivity contribution in [2.24, 2.45) is 11.3 Å². The van der Waals surface area contributed by atoms with Crippen LogP contribution >= 0.6 is 11.6 Å². The Hall–Kier alpha value is -2.90. The summed E-state index contributed by atoms with van der Waals surface area (Å²) in [5.41, 5.74) is 2.87. The summed E-state index contributed by atoms with van der Waals surface area (Å²) in [5.74, 6) is 1.07. The summed E-state index contributed by atoms with van der Waals surface area (Å²) in [6.07, 6.45) is 6.27. The summed E-state index contributed by atoms with van der Waals surface area (Å²) in [6.45, 7) is 6.39. The van der Waals surface area contributed by atoms with Crippen LogP contribution in [0.4, 0.5) is 0 Å². The fourth-order valence-electron chi connectivity index (χ4n) is 5.92. The predicted molar refractivity (Wildman–Crippen MR) is 132 cm³/mol. The van der Waals surface area contributed by atoms with Gasteiger partial charge in [0.1, 0.15) is 17.0 Å². The molecule has 8 heteroatoms. The molecule has 1 amide bonds. The Morgan fingerprint density at radius 3 is 2.80 bits per heavy atom. The number of piperidine rings is 1. The fourth-order valence-corrected chi connectivity index (χ4v) is 6.10. The minimum absolute atomic E-state index is 0.0120. The summed E-state index contributed by atoms with van der Waals surface area (Å²) in [7, 11) is 0. The van der Waals surface area contributed by atoms with Crippen LogP contribution in [0.25, 0.3) is 11.3 Å². The molecule has 3 aromatic rings. The van der Waals surface area contributed by atoms with Crippen LogP contribution < -0.4 is 4.74 Å². The summed E-state index contributed by atoms with van der Waals surface area (Å²) in [6, 6.07) is 11.4. The third kappa shape index (κ3) is 4.00. The lowest BCUT2D eigenvalue weighted by atomic mass is 9.64. The quantitative estimate of drug-likeness (QED) is 0.525. The number of benzene rings is 1. The van der Waals surface area contributed by atoms with E-state index in [1.165, 1.54) is 0 Å². The molecule has 182 valence electrons. The molecule has 2 atom stereocenters. The first-order valence-corrected chi connectivity index (χ1v) is 12.6. The van der Waals surface area contributed by atoms with Crippen molar-refractivity contribution in [3.05, 3.63) is 65.1 Å². The Balaban J connectivity index is 1.15. The Morgan fingerprint density at radius 2 is 2.03 bits per heavy atom. The summed E-state index contributed by atoms with van der Waals surface area (Å²) in [4.78, 5) is 19.2. The lowest BCUT2D eigenvalue weighted by molar-refractivity contribution is -0.173. The molecular weight excluding hydrogens is 464 g/mol. The van der Waals surface area contributed by atoms with E-state index in [9.17, 15) is 4.79 Å². The van der Waals surface area contributed by atoms with Gasteiger partial charge in [-0.25, -0.2) is 0 Å². The maximum Gasteiger partial charge on any atom is 0.271 e. The molecule has 2 saturated heterocycles. The summed E-state index contributed by atoms with van der Waals surface area (Å²) < 4.78 is 13.0. The van der Waals surface area contributed by atoms with Gasteiger partial charge in [-0.15, -0.1) is 0 Å². The van der Waals surface area contributed by atoms with Crippen molar-refractivity contribution in [2.45, 2.75) is 44.8 Å². The standard InChI is InChI=1S/C27H29ClN4O3/c1-26(2)20-14-27(16-34-24(20)19-12-18(28)5-6-23(19)35-26)7-10-32(11-8-27)25(33)22-13-21(30-31-22)17-4-3-9-29-15-17/h3-6,9,12-13,15,20,24H,7-8,10-11,14,16H2,1-2H3,(H,30,31)/t20-,24+/m0/s1. The highest BCUT2D eigenvalue weighted by Crippen LogP contribution is 2.55. The number of fused-ring (bicyclic) bond motifs is 3. The van der Waals surface area contributed by atoms with E-state index in [1.54, 1.807) is 12.4 Å². The van der Waals surface area contributed by atoms with Crippen molar-refractivity contribution in [3.8, 4) is 17.0 Å². The Morgan fingerprint density at radius 1 is 1.20 bits per heavy atom. The zero-order chi connectivity index (χ0) is 24.2. The van der Waals surface area contributed by atoms with Gasteiger partial charge in [0.25, 0.3) is 5.91 Å². The molecule has 1 spiro atoms. The summed E-state index contributed by atoms with van der Waals surface area (Å²) >= 11 is 6.29. The van der Waals surface area contributed by atoms with Gasteiger partial charge in [-0.2, -0.15) is 5.10 Å². The number of H-pyrrole nitrogens is 1. The number of aromatic nitrogens is 3. The van der Waals surface area contributed by atoms with Crippen LogP contribution in [0, 0.1) is 11.3 Å². The number of amides is 1. The number of carbonyl (C=O) groups excluding carboxylic acids is 1. The molecule has 0 bridgehead atoms. The van der Waals surface area contributed by atoms with E-state index < -0.39 is 0 Å². The maximum absolute atomic E-state index is 13.2. The number of carbonyl (C=O) groups is 1. The first kappa shape index (κ1) is 22.6. The zero-order valence-electron chi connectivity index (χ0n) is 20.0. The molecule has 0 saturated carbocycles. The van der Waals surface area contributed by atoms with Crippen LogP contribution in [-0.2, 0) is 4.74 Å². The predicted octanol–water partition coefficient (Wildman–Crippen LogP) is 5.30. The first-order valence-electron chi connectivity index (χ1n) is 12.2. The van der Waals surface area contributed by atoms with E-state index in [4.69, 9.17) is 21.1 Å². The van der Waals surface area contributed by atoms with E-state index in [-0.39, 0.29) is 28.9 Å². The highest BCUT2D eigenvalue weighted by molar-refractivity contribution is 6.30. The number of likely N-dealkylation sites (tertiary alicyclic amines) is 1. The molecule has 5 heterocycles. The summed E-state index contributed by atoms with van der Waals surface area (Å²) in [5, 5.41) is 7.93. The van der Waals surface area contributed by atoms with Crippen LogP contribution in [0.1, 0.15) is 55.3 Å². The molecule has 0 unspecified atom stereocenters. The minimum Gasteiger partial charge on any atom is -0.487 e.